The van der Waals surface area contributed by atoms with Crippen molar-refractivity contribution in [2.24, 2.45) is 5.73 Å². The highest BCUT2D eigenvalue weighted by molar-refractivity contribution is 5.75. The third kappa shape index (κ3) is 4.56. The summed E-state index contributed by atoms with van der Waals surface area (Å²) in [5, 5.41) is 0. The maximum absolute atomic E-state index is 10.9. The number of esters is 1. The van der Waals surface area contributed by atoms with Crippen molar-refractivity contribution in [3.8, 4) is 0 Å². The lowest BCUT2D eigenvalue weighted by Gasteiger charge is -2.07. The Kier molecular flexibility index (Phi) is 5.47. The van der Waals surface area contributed by atoms with Crippen molar-refractivity contribution in [2.75, 3.05) is 6.61 Å². The summed E-state index contributed by atoms with van der Waals surface area (Å²) in [6.07, 6.45) is 3.10. The average molecular weight is 157 g/mol. The van der Waals surface area contributed by atoms with E-state index in [9.17, 15) is 4.79 Å². The van der Waals surface area contributed by atoms with Gasteiger partial charge in [-0.3, -0.25) is 4.79 Å². The van der Waals surface area contributed by atoms with E-state index in [2.05, 4.69) is 6.58 Å². The van der Waals surface area contributed by atoms with E-state index in [0.29, 0.717) is 13.0 Å². The zero-order chi connectivity index (χ0) is 8.69. The number of rotatable bonds is 5. The minimum Gasteiger partial charge on any atom is -0.465 e. The van der Waals surface area contributed by atoms with Crippen molar-refractivity contribution in [3.63, 3.8) is 0 Å². The number of nitrogens with two attached hydrogens (primary N) is 1. The smallest absolute Gasteiger partial charge is 0.322 e. The summed E-state index contributed by atoms with van der Waals surface area (Å²) < 4.78 is 4.70. The van der Waals surface area contributed by atoms with E-state index >= 15 is 0 Å². The summed E-state index contributed by atoms with van der Waals surface area (Å²) in [6, 6.07) is -0.493. The summed E-state index contributed by atoms with van der Waals surface area (Å²) >= 11 is 0. The molecule has 0 rings (SSSR count). The molecule has 1 atom stereocenters. The summed E-state index contributed by atoms with van der Waals surface area (Å²) in [5.41, 5.74) is 5.47. The Morgan fingerprint density at radius 1 is 1.82 bits per heavy atom. The van der Waals surface area contributed by atoms with Gasteiger partial charge >= 0.3 is 5.97 Å². The first-order valence-corrected chi connectivity index (χ1v) is 3.75. The van der Waals surface area contributed by atoms with Crippen molar-refractivity contribution in [1.82, 2.24) is 0 Å². The minimum atomic E-state index is -0.493. The molecule has 64 valence electrons. The lowest BCUT2D eigenvalue weighted by Crippen LogP contribution is -2.31. The molecule has 0 aliphatic heterocycles. The van der Waals surface area contributed by atoms with Gasteiger partial charge in [-0.25, -0.2) is 0 Å². The van der Waals surface area contributed by atoms with E-state index in [1.165, 1.54) is 0 Å². The highest BCUT2D eigenvalue weighted by Gasteiger charge is 2.12. The van der Waals surface area contributed by atoms with Crippen molar-refractivity contribution in [2.45, 2.75) is 25.8 Å². The van der Waals surface area contributed by atoms with Crippen LogP contribution in [0, 0.1) is 0 Å². The minimum absolute atomic E-state index is 0.325. The molecule has 0 aromatic heterocycles. The summed E-state index contributed by atoms with van der Waals surface area (Å²) in [7, 11) is 0. The van der Waals surface area contributed by atoms with E-state index in [1.807, 2.05) is 0 Å². The van der Waals surface area contributed by atoms with Crippen molar-refractivity contribution >= 4 is 5.97 Å². The molecule has 11 heavy (non-hydrogen) atoms. The molecule has 0 aromatic rings. The van der Waals surface area contributed by atoms with Gasteiger partial charge in [0, 0.05) is 0 Å². The van der Waals surface area contributed by atoms with Gasteiger partial charge in [0.25, 0.3) is 0 Å². The summed E-state index contributed by atoms with van der Waals surface area (Å²) in [5.74, 6) is -0.325. The fourth-order valence-corrected chi connectivity index (χ4v) is 0.665. The van der Waals surface area contributed by atoms with Crippen LogP contribution in [0.25, 0.3) is 0 Å². The highest BCUT2D eigenvalue weighted by atomic mass is 16.5. The van der Waals surface area contributed by atoms with E-state index in [-0.39, 0.29) is 5.97 Å². The second kappa shape index (κ2) is 5.92. The standard InChI is InChI=1S/C8H15NO2/c1-3-5-6-7(9)8(10)11-4-2/h3,7H,1,4-6,9H2,2H3/t7-/m0/s1. The molecule has 0 saturated heterocycles. The third-order valence-corrected chi connectivity index (χ3v) is 1.27. The van der Waals surface area contributed by atoms with Gasteiger partial charge in [0.05, 0.1) is 6.61 Å². The van der Waals surface area contributed by atoms with Crippen LogP contribution in [0.3, 0.4) is 0 Å². The van der Waals surface area contributed by atoms with Gasteiger partial charge < -0.3 is 10.5 Å². The zero-order valence-electron chi connectivity index (χ0n) is 6.88. The van der Waals surface area contributed by atoms with Crippen LogP contribution < -0.4 is 5.73 Å². The molecular weight excluding hydrogens is 142 g/mol. The largest absolute Gasteiger partial charge is 0.465 e. The lowest BCUT2D eigenvalue weighted by atomic mass is 10.2. The Bertz CT molecular complexity index is 134. The van der Waals surface area contributed by atoms with Gasteiger partial charge in [-0.05, 0) is 19.8 Å². The number of hydrogen-bond donors (Lipinski definition) is 1. The summed E-state index contributed by atoms with van der Waals surface area (Å²) in [6.45, 7) is 5.68. The number of ether oxygens (including phenoxy) is 1. The van der Waals surface area contributed by atoms with Gasteiger partial charge in [-0.2, -0.15) is 0 Å². The lowest BCUT2D eigenvalue weighted by molar-refractivity contribution is -0.144. The van der Waals surface area contributed by atoms with Crippen LogP contribution in [0.15, 0.2) is 12.7 Å². The molecule has 0 spiro atoms. The molecule has 3 heteroatoms. The second-order valence-electron chi connectivity index (χ2n) is 2.22. The van der Waals surface area contributed by atoms with E-state index < -0.39 is 6.04 Å². The maximum Gasteiger partial charge on any atom is 0.322 e. The highest BCUT2D eigenvalue weighted by Crippen LogP contribution is 1.96. The van der Waals surface area contributed by atoms with Crippen LogP contribution in [-0.4, -0.2) is 18.6 Å². The predicted octanol–water partition coefficient (Wildman–Crippen LogP) is 0.843. The second-order valence-corrected chi connectivity index (χ2v) is 2.22. The summed E-state index contributed by atoms with van der Waals surface area (Å²) in [4.78, 5) is 10.9. The van der Waals surface area contributed by atoms with Crippen LogP contribution in [0.1, 0.15) is 19.8 Å². The molecule has 0 aliphatic rings. The normalized spacial score (nSPS) is 12.2. The number of allylic oxidation sites excluding steroid dienone is 1. The molecule has 0 heterocycles. The SMILES string of the molecule is C=CCC[C@H](N)C(=O)OCC. The van der Waals surface area contributed by atoms with Crippen molar-refractivity contribution in [3.05, 3.63) is 12.7 Å². The van der Waals surface area contributed by atoms with Crippen LogP contribution in [-0.2, 0) is 9.53 Å². The van der Waals surface area contributed by atoms with Gasteiger partial charge in [0.15, 0.2) is 0 Å². The number of carbonyl (C=O) groups excluding carboxylic acids is 1. The van der Waals surface area contributed by atoms with Crippen molar-refractivity contribution in [1.29, 1.82) is 0 Å². The first kappa shape index (κ1) is 10.2. The molecule has 0 radical (unpaired) electrons. The van der Waals surface area contributed by atoms with Crippen LogP contribution in [0.2, 0.25) is 0 Å². The first-order chi connectivity index (χ1) is 5.22. The quantitative estimate of drug-likeness (QED) is 0.475. The van der Waals surface area contributed by atoms with E-state index in [4.69, 9.17) is 10.5 Å². The Morgan fingerprint density at radius 2 is 2.45 bits per heavy atom. The molecule has 0 bridgehead atoms. The predicted molar refractivity (Wildman–Crippen MR) is 44.0 cm³/mol. The molecule has 2 N–H and O–H groups in total. The van der Waals surface area contributed by atoms with Crippen molar-refractivity contribution < 1.29 is 9.53 Å². The molecule has 0 fully saturated rings. The molecule has 0 aliphatic carbocycles. The Hall–Kier alpha value is -0.830. The number of carbonyl (C=O) groups is 1. The van der Waals surface area contributed by atoms with Gasteiger partial charge in [-0.15, -0.1) is 6.58 Å². The maximum atomic E-state index is 10.9. The van der Waals surface area contributed by atoms with E-state index in [1.54, 1.807) is 13.0 Å². The molecule has 3 nitrogen and oxygen atoms in total. The van der Waals surface area contributed by atoms with E-state index in [0.717, 1.165) is 6.42 Å². The Morgan fingerprint density at radius 3 is 2.91 bits per heavy atom. The molecule has 0 amide bonds. The molecule has 0 aromatic carbocycles. The number of hydrogen-bond acceptors (Lipinski definition) is 3. The fourth-order valence-electron chi connectivity index (χ4n) is 0.665. The average Bonchev–Trinajstić information content (AvgIpc) is 2.00. The molecular formula is C8H15NO2. The van der Waals surface area contributed by atoms with Crippen LogP contribution in [0.4, 0.5) is 0 Å². The topological polar surface area (TPSA) is 52.3 Å². The Balaban J connectivity index is 3.54. The van der Waals surface area contributed by atoms with Crippen LogP contribution in [0.5, 0.6) is 0 Å². The molecule has 0 unspecified atom stereocenters. The first-order valence-electron chi connectivity index (χ1n) is 3.75. The zero-order valence-corrected chi connectivity index (χ0v) is 6.88. The van der Waals surface area contributed by atoms with Gasteiger partial charge in [-0.1, -0.05) is 6.08 Å². The van der Waals surface area contributed by atoms with Crippen LogP contribution >= 0.6 is 0 Å². The third-order valence-electron chi connectivity index (χ3n) is 1.27. The molecule has 0 saturated carbocycles. The van der Waals surface area contributed by atoms with Gasteiger partial charge in [0.2, 0.25) is 0 Å². The monoisotopic (exact) mass is 157 g/mol. The van der Waals surface area contributed by atoms with Gasteiger partial charge in [0.1, 0.15) is 6.04 Å². The Labute approximate surface area is 67.2 Å². The fraction of sp³-hybridized carbons (Fsp3) is 0.625.